The molecule has 3 nitrogen and oxygen atoms in total. The third-order valence-corrected chi connectivity index (χ3v) is 5.72. The van der Waals surface area contributed by atoms with Crippen LogP contribution in [0.25, 0.3) is 0 Å². The van der Waals surface area contributed by atoms with Crippen molar-refractivity contribution < 1.29 is 13.6 Å². The molecule has 0 aromatic carbocycles. The topological polar surface area (TPSA) is 35.5 Å². The molecule has 4 heteroatoms. The lowest BCUT2D eigenvalue weighted by atomic mass is 9.90. The van der Waals surface area contributed by atoms with Crippen LogP contribution in [0, 0.1) is 0 Å². The lowest BCUT2D eigenvalue weighted by Crippen LogP contribution is -2.41. The standard InChI is InChI=1S/C11H21O3P/c1-7-8-9(2)15(12)13-10(3,4)11(5,6)14-15/h7-9H,1-6H3/b8-7+. The molecule has 1 rings (SSSR count). The van der Waals surface area contributed by atoms with Gasteiger partial charge in [0, 0.05) is 0 Å². The predicted molar refractivity (Wildman–Crippen MR) is 62.2 cm³/mol. The first kappa shape index (κ1) is 13.0. The highest BCUT2D eigenvalue weighted by atomic mass is 31.2. The minimum absolute atomic E-state index is 0.191. The maximum Gasteiger partial charge on any atom is 0.338 e. The van der Waals surface area contributed by atoms with Crippen molar-refractivity contribution in [1.82, 2.24) is 0 Å². The van der Waals surface area contributed by atoms with Gasteiger partial charge in [-0.2, -0.15) is 0 Å². The van der Waals surface area contributed by atoms with Crippen molar-refractivity contribution >= 4 is 7.60 Å². The Kier molecular flexibility index (Phi) is 3.22. The Morgan fingerprint density at radius 3 is 1.87 bits per heavy atom. The minimum Gasteiger partial charge on any atom is -0.299 e. The highest BCUT2D eigenvalue weighted by molar-refractivity contribution is 7.55. The molecule has 1 heterocycles. The normalized spacial score (nSPS) is 29.5. The molecule has 1 fully saturated rings. The molecule has 88 valence electrons. The molecule has 0 radical (unpaired) electrons. The molecule has 0 amide bonds. The summed E-state index contributed by atoms with van der Waals surface area (Å²) in [7, 11) is -3.01. The van der Waals surface area contributed by atoms with Gasteiger partial charge in [0.1, 0.15) is 11.2 Å². The zero-order valence-corrected chi connectivity index (χ0v) is 11.3. The predicted octanol–water partition coefficient (Wildman–Crippen LogP) is 3.75. The molecule has 1 aliphatic rings. The van der Waals surface area contributed by atoms with E-state index >= 15 is 0 Å². The monoisotopic (exact) mass is 232 g/mol. The lowest BCUT2D eigenvalue weighted by Gasteiger charge is -2.29. The third kappa shape index (κ3) is 2.20. The van der Waals surface area contributed by atoms with Crippen LogP contribution in [0.2, 0.25) is 0 Å². The van der Waals surface area contributed by atoms with E-state index in [-0.39, 0.29) is 5.66 Å². The van der Waals surface area contributed by atoms with E-state index in [1.54, 1.807) is 0 Å². The second-order valence-electron chi connectivity index (χ2n) is 5.01. The smallest absolute Gasteiger partial charge is 0.299 e. The average Bonchev–Trinajstić information content (AvgIpc) is 2.17. The third-order valence-electron chi connectivity index (χ3n) is 3.13. The van der Waals surface area contributed by atoms with E-state index in [2.05, 4.69) is 0 Å². The molecule has 15 heavy (non-hydrogen) atoms. The molecule has 1 unspecified atom stereocenters. The van der Waals surface area contributed by atoms with Gasteiger partial charge in [-0.25, -0.2) is 0 Å². The van der Waals surface area contributed by atoms with Gasteiger partial charge >= 0.3 is 7.60 Å². The van der Waals surface area contributed by atoms with Crippen LogP contribution in [0.3, 0.4) is 0 Å². The summed E-state index contributed by atoms with van der Waals surface area (Å²) in [4.78, 5) is 0. The fraction of sp³-hybridized carbons (Fsp3) is 0.818. The first-order chi connectivity index (χ1) is 6.65. The number of allylic oxidation sites excluding steroid dienone is 2. The van der Waals surface area contributed by atoms with Crippen molar-refractivity contribution in [3.05, 3.63) is 12.2 Å². The molecule has 0 aromatic rings. The highest BCUT2D eigenvalue weighted by Gasteiger charge is 2.56. The maximum absolute atomic E-state index is 12.4. The summed E-state index contributed by atoms with van der Waals surface area (Å²) in [5.41, 5.74) is -1.22. The largest absolute Gasteiger partial charge is 0.338 e. The van der Waals surface area contributed by atoms with Gasteiger partial charge in [0.15, 0.2) is 0 Å². The minimum atomic E-state index is -3.01. The van der Waals surface area contributed by atoms with Crippen LogP contribution in [0.5, 0.6) is 0 Å². The Hall–Kier alpha value is -0.110. The second-order valence-corrected chi connectivity index (χ2v) is 7.27. The van der Waals surface area contributed by atoms with E-state index in [0.717, 1.165) is 0 Å². The van der Waals surface area contributed by atoms with Crippen molar-refractivity contribution in [2.45, 2.75) is 58.4 Å². The molecule has 0 bridgehead atoms. The molecule has 1 saturated heterocycles. The van der Waals surface area contributed by atoms with E-state index in [0.29, 0.717) is 0 Å². The van der Waals surface area contributed by atoms with Crippen LogP contribution in [0.4, 0.5) is 0 Å². The van der Waals surface area contributed by atoms with E-state index in [1.807, 2.05) is 53.7 Å². The van der Waals surface area contributed by atoms with Gasteiger partial charge in [-0.05, 0) is 41.5 Å². The molecule has 0 N–H and O–H groups in total. The van der Waals surface area contributed by atoms with Gasteiger partial charge in [0.2, 0.25) is 0 Å². The highest BCUT2D eigenvalue weighted by Crippen LogP contribution is 2.66. The van der Waals surface area contributed by atoms with Gasteiger partial charge in [0.05, 0.1) is 5.66 Å². The maximum atomic E-state index is 12.4. The first-order valence-corrected chi connectivity index (χ1v) is 6.90. The summed E-state index contributed by atoms with van der Waals surface area (Å²) < 4.78 is 23.7. The van der Waals surface area contributed by atoms with E-state index in [9.17, 15) is 4.57 Å². The summed E-state index contributed by atoms with van der Waals surface area (Å²) in [6, 6.07) is 0. The van der Waals surface area contributed by atoms with Crippen molar-refractivity contribution in [2.24, 2.45) is 0 Å². The van der Waals surface area contributed by atoms with Crippen LogP contribution in [-0.2, 0) is 13.6 Å². The van der Waals surface area contributed by atoms with Crippen LogP contribution in [-0.4, -0.2) is 16.9 Å². The summed E-state index contributed by atoms with van der Waals surface area (Å²) in [6.45, 7) is 11.4. The summed E-state index contributed by atoms with van der Waals surface area (Å²) in [5.74, 6) is 0. The molecule has 0 spiro atoms. The zero-order chi connectivity index (χ0) is 11.9. The van der Waals surface area contributed by atoms with Gasteiger partial charge in [-0.15, -0.1) is 0 Å². The van der Waals surface area contributed by atoms with E-state index in [4.69, 9.17) is 9.05 Å². The van der Waals surface area contributed by atoms with Crippen molar-refractivity contribution in [3.63, 3.8) is 0 Å². The first-order valence-electron chi connectivity index (χ1n) is 5.29. The average molecular weight is 232 g/mol. The molecule has 0 saturated carbocycles. The van der Waals surface area contributed by atoms with E-state index in [1.165, 1.54) is 0 Å². The fourth-order valence-electron chi connectivity index (χ4n) is 1.42. The Bertz CT molecular complexity index is 298. The lowest BCUT2D eigenvalue weighted by molar-refractivity contribution is 0.00578. The van der Waals surface area contributed by atoms with Crippen LogP contribution in [0.15, 0.2) is 12.2 Å². The Labute approximate surface area is 92.4 Å². The summed E-state index contributed by atoms with van der Waals surface area (Å²) in [6.07, 6.45) is 3.73. The molecule has 0 aliphatic carbocycles. The Morgan fingerprint density at radius 1 is 1.13 bits per heavy atom. The van der Waals surface area contributed by atoms with Gasteiger partial charge < -0.3 is 0 Å². The number of rotatable bonds is 2. The van der Waals surface area contributed by atoms with Crippen molar-refractivity contribution in [3.8, 4) is 0 Å². The number of hydrogen-bond donors (Lipinski definition) is 0. The van der Waals surface area contributed by atoms with Gasteiger partial charge in [-0.3, -0.25) is 13.6 Å². The second kappa shape index (κ2) is 3.73. The Balaban J connectivity index is 2.99. The molecule has 0 aromatic heterocycles. The molecule has 1 atom stereocenters. The van der Waals surface area contributed by atoms with Crippen molar-refractivity contribution in [2.75, 3.05) is 0 Å². The molecule has 1 aliphatic heterocycles. The van der Waals surface area contributed by atoms with Gasteiger partial charge in [0.25, 0.3) is 0 Å². The molecular formula is C11H21O3P. The Morgan fingerprint density at radius 2 is 1.53 bits per heavy atom. The van der Waals surface area contributed by atoms with Crippen LogP contribution in [0.1, 0.15) is 41.5 Å². The summed E-state index contributed by atoms with van der Waals surface area (Å²) >= 11 is 0. The molecular weight excluding hydrogens is 211 g/mol. The SMILES string of the molecule is C/C=C/C(C)P1(=O)OC(C)(C)C(C)(C)O1. The zero-order valence-electron chi connectivity index (χ0n) is 10.4. The van der Waals surface area contributed by atoms with Crippen molar-refractivity contribution in [1.29, 1.82) is 0 Å². The van der Waals surface area contributed by atoms with Crippen LogP contribution < -0.4 is 0 Å². The fourth-order valence-corrected chi connectivity index (χ4v) is 3.89. The van der Waals surface area contributed by atoms with Gasteiger partial charge in [-0.1, -0.05) is 12.2 Å². The van der Waals surface area contributed by atoms with E-state index < -0.39 is 18.8 Å². The summed E-state index contributed by atoms with van der Waals surface area (Å²) in [5, 5.41) is 0. The van der Waals surface area contributed by atoms with Crippen LogP contribution >= 0.6 is 7.60 Å². The number of hydrogen-bond acceptors (Lipinski definition) is 3. The quantitative estimate of drug-likeness (QED) is 0.537.